The maximum absolute atomic E-state index is 12.1. The Kier molecular flexibility index (Phi) is 4.50. The van der Waals surface area contributed by atoms with Crippen molar-refractivity contribution in [3.63, 3.8) is 0 Å². The number of rotatable bonds is 4. The average Bonchev–Trinajstić information content (AvgIpc) is 2.29. The zero-order valence-corrected chi connectivity index (χ0v) is 9.24. The molecule has 0 radical (unpaired) electrons. The van der Waals surface area contributed by atoms with E-state index in [1.807, 2.05) is 0 Å². The number of ether oxygens (including phenoxy) is 1. The average molecular weight is 216 g/mol. The summed E-state index contributed by atoms with van der Waals surface area (Å²) in [6, 6.07) is 0. The van der Waals surface area contributed by atoms with Crippen molar-refractivity contribution < 1.29 is 14.6 Å². The Bertz CT molecular complexity index is 215. The van der Waals surface area contributed by atoms with Crippen LogP contribution in [0.4, 0.5) is 0 Å². The van der Waals surface area contributed by atoms with Crippen LogP contribution in [-0.4, -0.2) is 55.9 Å². The first-order valence-electron chi connectivity index (χ1n) is 5.30. The van der Waals surface area contributed by atoms with E-state index in [2.05, 4.69) is 0 Å². The molecule has 0 aromatic carbocycles. The molecule has 15 heavy (non-hydrogen) atoms. The van der Waals surface area contributed by atoms with Gasteiger partial charge in [0.1, 0.15) is 0 Å². The highest BCUT2D eigenvalue weighted by Crippen LogP contribution is 2.31. The number of likely N-dealkylation sites (N-methyl/N-ethyl adjacent to an activating group) is 1. The smallest absolute Gasteiger partial charge is 0.230 e. The van der Waals surface area contributed by atoms with Crippen LogP contribution in [0.3, 0.4) is 0 Å². The maximum atomic E-state index is 12.1. The lowest BCUT2D eigenvalue weighted by Gasteiger charge is -2.37. The highest BCUT2D eigenvalue weighted by molar-refractivity contribution is 5.82. The first kappa shape index (κ1) is 12.4. The minimum absolute atomic E-state index is 0.0145. The first-order chi connectivity index (χ1) is 7.16. The van der Waals surface area contributed by atoms with Crippen molar-refractivity contribution in [2.24, 2.45) is 11.1 Å². The number of carbonyl (C=O) groups is 1. The molecule has 0 aliphatic carbocycles. The largest absolute Gasteiger partial charge is 0.395 e. The molecule has 5 nitrogen and oxygen atoms in total. The summed E-state index contributed by atoms with van der Waals surface area (Å²) >= 11 is 0. The third-order valence-electron chi connectivity index (χ3n) is 3.08. The molecule has 3 N–H and O–H groups in total. The summed E-state index contributed by atoms with van der Waals surface area (Å²) in [5.41, 5.74) is 5.24. The monoisotopic (exact) mass is 216 g/mol. The third kappa shape index (κ3) is 2.68. The Labute approximate surface area is 90.2 Å². The van der Waals surface area contributed by atoms with Crippen LogP contribution < -0.4 is 5.73 Å². The molecule has 1 aliphatic rings. The molecule has 1 rings (SSSR count). The quantitative estimate of drug-likeness (QED) is 0.644. The van der Waals surface area contributed by atoms with E-state index in [4.69, 9.17) is 15.6 Å². The predicted octanol–water partition coefficient (Wildman–Crippen LogP) is -0.807. The zero-order valence-electron chi connectivity index (χ0n) is 9.24. The molecular formula is C10H20N2O3. The Hall–Kier alpha value is -0.650. The van der Waals surface area contributed by atoms with Gasteiger partial charge in [-0.1, -0.05) is 0 Å². The van der Waals surface area contributed by atoms with Gasteiger partial charge in [-0.3, -0.25) is 4.79 Å². The SMILES string of the molecule is CN(CCO)C(=O)C1(CN)CCOCC1. The summed E-state index contributed by atoms with van der Waals surface area (Å²) in [5.74, 6) is 0.0300. The van der Waals surface area contributed by atoms with Crippen molar-refractivity contribution in [3.8, 4) is 0 Å². The van der Waals surface area contributed by atoms with Crippen LogP contribution >= 0.6 is 0 Å². The summed E-state index contributed by atoms with van der Waals surface area (Å²) in [6.07, 6.45) is 1.36. The third-order valence-corrected chi connectivity index (χ3v) is 3.08. The van der Waals surface area contributed by atoms with E-state index in [9.17, 15) is 4.79 Å². The summed E-state index contributed by atoms with van der Waals surface area (Å²) < 4.78 is 5.24. The number of hydrogen-bond donors (Lipinski definition) is 2. The van der Waals surface area contributed by atoms with Gasteiger partial charge < -0.3 is 20.5 Å². The lowest BCUT2D eigenvalue weighted by Crippen LogP contribution is -2.50. The molecule has 88 valence electrons. The molecule has 0 aromatic rings. The fraction of sp³-hybridized carbons (Fsp3) is 0.900. The van der Waals surface area contributed by atoms with Crippen LogP contribution in [0.25, 0.3) is 0 Å². The number of aliphatic hydroxyl groups is 1. The van der Waals surface area contributed by atoms with Gasteiger partial charge >= 0.3 is 0 Å². The number of amides is 1. The van der Waals surface area contributed by atoms with Gasteiger partial charge in [0.05, 0.1) is 12.0 Å². The van der Waals surface area contributed by atoms with Crippen molar-refractivity contribution in [2.45, 2.75) is 12.8 Å². The second kappa shape index (κ2) is 5.44. The van der Waals surface area contributed by atoms with Gasteiger partial charge in [-0.15, -0.1) is 0 Å². The van der Waals surface area contributed by atoms with E-state index in [0.717, 1.165) is 0 Å². The molecule has 1 aliphatic heterocycles. The number of aliphatic hydroxyl groups excluding tert-OH is 1. The van der Waals surface area contributed by atoms with Crippen LogP contribution in [0.1, 0.15) is 12.8 Å². The highest BCUT2D eigenvalue weighted by Gasteiger charge is 2.40. The standard InChI is InChI=1S/C10H20N2O3/c1-12(4-5-13)9(14)10(8-11)2-6-15-7-3-10/h13H,2-8,11H2,1H3. The molecule has 1 amide bonds. The highest BCUT2D eigenvalue weighted by atomic mass is 16.5. The number of carbonyl (C=O) groups excluding carboxylic acids is 1. The van der Waals surface area contributed by atoms with Crippen LogP contribution in [0.2, 0.25) is 0 Å². The summed E-state index contributed by atoms with van der Waals surface area (Å²) in [7, 11) is 1.70. The van der Waals surface area contributed by atoms with Crippen molar-refractivity contribution in [2.75, 3.05) is 40.0 Å². The van der Waals surface area contributed by atoms with Gasteiger partial charge in [0, 0.05) is 33.4 Å². The molecule has 5 heteroatoms. The van der Waals surface area contributed by atoms with Gasteiger partial charge in [0.15, 0.2) is 0 Å². The molecule has 0 unspecified atom stereocenters. The molecule has 0 atom stereocenters. The minimum atomic E-state index is -0.470. The van der Waals surface area contributed by atoms with E-state index < -0.39 is 5.41 Å². The van der Waals surface area contributed by atoms with Crippen LogP contribution in [-0.2, 0) is 9.53 Å². The topological polar surface area (TPSA) is 75.8 Å². The number of hydrogen-bond acceptors (Lipinski definition) is 4. The second-order valence-corrected chi connectivity index (χ2v) is 4.05. The van der Waals surface area contributed by atoms with E-state index in [1.54, 1.807) is 11.9 Å². The van der Waals surface area contributed by atoms with E-state index in [1.165, 1.54) is 0 Å². The van der Waals surface area contributed by atoms with Gasteiger partial charge in [-0.05, 0) is 12.8 Å². The lowest BCUT2D eigenvalue weighted by molar-refractivity contribution is -0.146. The van der Waals surface area contributed by atoms with Crippen LogP contribution in [0.5, 0.6) is 0 Å². The summed E-state index contributed by atoms with van der Waals surface area (Å²) in [6.45, 7) is 1.89. The Balaban J connectivity index is 2.67. The van der Waals surface area contributed by atoms with Crippen molar-refractivity contribution in [1.82, 2.24) is 4.90 Å². The van der Waals surface area contributed by atoms with E-state index in [-0.39, 0.29) is 12.5 Å². The van der Waals surface area contributed by atoms with Crippen LogP contribution in [0.15, 0.2) is 0 Å². The Morgan fingerprint density at radius 3 is 2.60 bits per heavy atom. The van der Waals surface area contributed by atoms with Gasteiger partial charge in [0.25, 0.3) is 0 Å². The van der Waals surface area contributed by atoms with Crippen molar-refractivity contribution in [3.05, 3.63) is 0 Å². The fourth-order valence-electron chi connectivity index (χ4n) is 1.92. The van der Waals surface area contributed by atoms with Crippen molar-refractivity contribution in [1.29, 1.82) is 0 Å². The first-order valence-corrected chi connectivity index (χ1v) is 5.30. The normalized spacial score (nSPS) is 19.9. The van der Waals surface area contributed by atoms with Gasteiger partial charge in [-0.2, -0.15) is 0 Å². The van der Waals surface area contributed by atoms with E-state index in [0.29, 0.717) is 39.1 Å². The molecular weight excluding hydrogens is 196 g/mol. The number of nitrogens with zero attached hydrogens (tertiary/aromatic N) is 1. The van der Waals surface area contributed by atoms with Crippen LogP contribution in [0, 0.1) is 5.41 Å². The summed E-state index contributed by atoms with van der Waals surface area (Å²) in [5, 5.41) is 8.79. The molecule has 1 fully saturated rings. The van der Waals surface area contributed by atoms with Crippen molar-refractivity contribution >= 4 is 5.91 Å². The number of nitrogens with two attached hydrogens (primary N) is 1. The lowest BCUT2D eigenvalue weighted by atomic mass is 9.79. The fourth-order valence-corrected chi connectivity index (χ4v) is 1.92. The maximum Gasteiger partial charge on any atom is 0.230 e. The molecule has 0 saturated carbocycles. The molecule has 1 heterocycles. The second-order valence-electron chi connectivity index (χ2n) is 4.05. The van der Waals surface area contributed by atoms with E-state index >= 15 is 0 Å². The Morgan fingerprint density at radius 2 is 2.13 bits per heavy atom. The minimum Gasteiger partial charge on any atom is -0.395 e. The van der Waals surface area contributed by atoms with Gasteiger partial charge in [0.2, 0.25) is 5.91 Å². The van der Waals surface area contributed by atoms with Gasteiger partial charge in [-0.25, -0.2) is 0 Å². The molecule has 0 spiro atoms. The molecule has 0 bridgehead atoms. The molecule has 0 aromatic heterocycles. The zero-order chi connectivity index (χ0) is 11.3. The summed E-state index contributed by atoms with van der Waals surface area (Å²) in [4.78, 5) is 13.7. The molecule has 1 saturated heterocycles. The Morgan fingerprint density at radius 1 is 1.53 bits per heavy atom. The predicted molar refractivity (Wildman–Crippen MR) is 56.3 cm³/mol.